The van der Waals surface area contributed by atoms with Gasteiger partial charge in [-0.1, -0.05) is 13.8 Å². The van der Waals surface area contributed by atoms with E-state index >= 15 is 0 Å². The van der Waals surface area contributed by atoms with E-state index in [2.05, 4.69) is 61.4 Å². The summed E-state index contributed by atoms with van der Waals surface area (Å²) in [5.41, 5.74) is 19.4. The summed E-state index contributed by atoms with van der Waals surface area (Å²) >= 11 is 0. The van der Waals surface area contributed by atoms with Gasteiger partial charge in [0.25, 0.3) is 11.8 Å². The zero-order chi connectivity index (χ0) is 49.3. The van der Waals surface area contributed by atoms with E-state index in [1.165, 1.54) is 41.6 Å². The van der Waals surface area contributed by atoms with Crippen molar-refractivity contribution < 1.29 is 53.7 Å². The number of alkyl halides is 1. The van der Waals surface area contributed by atoms with Crippen molar-refractivity contribution in [3.8, 4) is 29.0 Å². The molecule has 2 aromatic carbocycles. The fraction of sp³-hybridized carbons (Fsp3) is 0.156. The van der Waals surface area contributed by atoms with Crippen LogP contribution in [0.3, 0.4) is 0 Å². The van der Waals surface area contributed by atoms with E-state index in [0.717, 1.165) is 11.1 Å². The van der Waals surface area contributed by atoms with Crippen LogP contribution in [0.4, 0.5) is 13.2 Å². The predicted molar refractivity (Wildman–Crippen MR) is 242 cm³/mol. The van der Waals surface area contributed by atoms with E-state index in [1.807, 2.05) is 32.0 Å². The second-order valence-corrected chi connectivity index (χ2v) is 14.1. The van der Waals surface area contributed by atoms with Crippen LogP contribution in [-0.4, -0.2) is 79.1 Å². The Balaban J connectivity index is 0.000000232. The second kappa shape index (κ2) is 24.9. The van der Waals surface area contributed by atoms with Crippen molar-refractivity contribution in [2.45, 2.75) is 38.8 Å². The fourth-order valence-corrected chi connectivity index (χ4v) is 6.92. The molecule has 9 aromatic rings. The zero-order valence-electron chi connectivity index (χ0n) is 38.0. The number of nitriles is 1. The van der Waals surface area contributed by atoms with Crippen LogP contribution in [0.15, 0.2) is 122 Å². The normalized spacial score (nSPS) is 11.3. The van der Waals surface area contributed by atoms with Crippen LogP contribution >= 0.6 is 0 Å². The third-order valence-electron chi connectivity index (χ3n) is 10.1. The molecule has 0 aliphatic heterocycles. The molecular formula is C45H38F3N18NaO2. The Morgan fingerprint density at radius 3 is 1.67 bits per heavy atom. The van der Waals surface area contributed by atoms with Crippen molar-refractivity contribution in [2.24, 2.45) is 0 Å². The minimum Gasteiger partial charge on any atom is -0.373 e. The Labute approximate surface area is 414 Å². The molecule has 0 saturated carbocycles. The minimum atomic E-state index is -1.00. The van der Waals surface area contributed by atoms with Crippen molar-refractivity contribution in [3.63, 3.8) is 0 Å². The van der Waals surface area contributed by atoms with Crippen LogP contribution in [0.25, 0.3) is 60.7 Å². The molecule has 0 bridgehead atoms. The Bertz CT molecular complexity index is 3240. The zero-order valence-corrected chi connectivity index (χ0v) is 39.0. The number of aromatic nitrogens is 12. The minimum absolute atomic E-state index is 0. The monoisotopic (exact) mass is 943 g/mol. The Morgan fingerprint density at radius 2 is 1.23 bits per heavy atom. The number of nitrogens with zero attached hydrogens (tertiary/aromatic N) is 15. The van der Waals surface area contributed by atoms with Crippen LogP contribution in [-0.2, 0) is 0 Å². The Hall–Kier alpha value is -8.42. The first-order chi connectivity index (χ1) is 33.6. The van der Waals surface area contributed by atoms with Gasteiger partial charge in [-0.05, 0) is 102 Å². The topological polar surface area (TPSA) is 282 Å². The van der Waals surface area contributed by atoms with E-state index in [1.54, 1.807) is 82.9 Å². The number of rotatable bonds is 11. The van der Waals surface area contributed by atoms with Gasteiger partial charge in [-0.2, -0.15) is 20.7 Å². The molecule has 0 unspecified atom stereocenters. The van der Waals surface area contributed by atoms with E-state index in [0.29, 0.717) is 74.4 Å². The van der Waals surface area contributed by atoms with Crippen LogP contribution < -0.4 is 40.2 Å². The molecule has 7 aromatic heterocycles. The van der Waals surface area contributed by atoms with Gasteiger partial charge in [0.05, 0.1) is 78.9 Å². The summed E-state index contributed by atoms with van der Waals surface area (Å²) in [5.74, 6) is -0.877. The molecule has 69 heavy (non-hydrogen) atoms. The van der Waals surface area contributed by atoms with Crippen LogP contribution in [0.2, 0.25) is 0 Å². The molecule has 2 atom stereocenters. The molecular weight excluding hydrogens is 905 g/mol. The first kappa shape index (κ1) is 50.0. The van der Waals surface area contributed by atoms with Crippen LogP contribution in [0, 0.1) is 23.0 Å². The largest absolute Gasteiger partial charge is 1.00 e. The van der Waals surface area contributed by atoms with Crippen LogP contribution in [0.1, 0.15) is 77.7 Å². The van der Waals surface area contributed by atoms with Gasteiger partial charge in [-0.15, -0.1) is 10.2 Å². The third-order valence-corrected chi connectivity index (χ3v) is 10.1. The number of hydrogen-bond donors (Lipinski definition) is 3. The third kappa shape index (κ3) is 12.3. The molecule has 0 aliphatic carbocycles. The number of hydrogen-bond acceptors (Lipinski definition) is 12. The Kier molecular flexibility index (Phi) is 18.1. The van der Waals surface area contributed by atoms with E-state index in [-0.39, 0.29) is 65.1 Å². The maximum atomic E-state index is 13.3. The van der Waals surface area contributed by atoms with Gasteiger partial charge in [0.1, 0.15) is 29.1 Å². The number of H-pyrrole nitrogens is 1. The number of fused-ring (bicyclic) bond motifs is 2. The maximum absolute atomic E-state index is 13.3. The molecule has 3 N–H and O–H groups in total. The number of carbonyl (C=O) groups excluding carboxylic acids is 2. The van der Waals surface area contributed by atoms with Gasteiger partial charge >= 0.3 is 29.6 Å². The summed E-state index contributed by atoms with van der Waals surface area (Å²) < 4.78 is 45.3. The number of carbonyl (C=O) groups is 2. The van der Waals surface area contributed by atoms with Gasteiger partial charge < -0.3 is 21.7 Å². The van der Waals surface area contributed by atoms with Gasteiger partial charge in [0.2, 0.25) is 5.82 Å². The molecule has 0 radical (unpaired) electrons. The number of aromatic amines is 1. The summed E-state index contributed by atoms with van der Waals surface area (Å²) in [6, 6.07) is 20.4. The number of nitrogens with one attached hydrogen (secondary N) is 3. The number of tetrazole rings is 1. The number of benzene rings is 2. The van der Waals surface area contributed by atoms with E-state index in [9.17, 15) is 22.8 Å². The van der Waals surface area contributed by atoms with Gasteiger partial charge in [-0.3, -0.25) is 33.8 Å². The van der Waals surface area contributed by atoms with Gasteiger partial charge in [-0.25, -0.2) is 23.1 Å². The summed E-state index contributed by atoms with van der Waals surface area (Å²) in [7, 11) is -1.00. The SMILES string of the molecule is CC[C@H](NC(=O)c1cncc2c1cnn2-c1ccc(F)cc1)c1ccnc(-c2nn[nH]n2)c1.CC[C@H](NC(=O)c1cncc2c1cnn2-c1ccc(F)cc1)c1ccnc(C#N)c1.[2H]CF.[N-]=[N+]=[N-].[Na+]. The predicted octanol–water partition coefficient (Wildman–Crippen LogP) is 5.18. The first-order valence-electron chi connectivity index (χ1n) is 20.9. The quantitative estimate of drug-likeness (QED) is 0.0655. The average molecular weight is 944 g/mol. The van der Waals surface area contributed by atoms with Crippen molar-refractivity contribution in [1.29, 1.82) is 5.26 Å². The van der Waals surface area contributed by atoms with Gasteiger partial charge in [0, 0.05) is 35.6 Å². The standard InChI is InChI=1S/C22H18FN9O.C22H17FN6O.CH3F.N3.Na/c1-2-18(13-7-8-25-19(9-13)21-28-30-31-29-21)27-22(33)17-10-24-12-20-16(17)11-26-32(20)15-5-3-14(23)4-6-15;1-2-20(14-7-8-26-16(9-14)10-24)28-22(30)19-11-25-13-21-18(19)12-27-29(21)17-5-3-15(23)4-6-17;1-2;1-3-2;/h3-12,18H,2H2,1H3,(H,27,33)(H,28,29,30,31);3-9,11-13,20H,2H2,1H3,(H,28,30);1H3;;/q;;;-1;+1/t18-;20-;;;/m00.../s1/i;;1D;;. The summed E-state index contributed by atoms with van der Waals surface area (Å²) in [6.45, 7) is 3.92. The molecule has 342 valence electrons. The van der Waals surface area contributed by atoms with Crippen molar-refractivity contribution in [2.75, 3.05) is 7.15 Å². The summed E-state index contributed by atoms with van der Waals surface area (Å²) in [5, 5.41) is 39.0. The second-order valence-electron chi connectivity index (χ2n) is 14.1. The Morgan fingerprint density at radius 1 is 0.768 bits per heavy atom. The van der Waals surface area contributed by atoms with Crippen LogP contribution in [0.5, 0.6) is 0 Å². The van der Waals surface area contributed by atoms with Crippen molar-refractivity contribution >= 4 is 33.6 Å². The van der Waals surface area contributed by atoms with Crippen molar-refractivity contribution in [3.05, 3.63) is 178 Å². The molecule has 0 spiro atoms. The van der Waals surface area contributed by atoms with Gasteiger partial charge in [0.15, 0.2) is 0 Å². The molecule has 7 heterocycles. The average Bonchev–Trinajstić information content (AvgIpc) is 4.18. The molecule has 24 heteroatoms. The molecule has 0 saturated heterocycles. The number of pyridine rings is 4. The fourth-order valence-electron chi connectivity index (χ4n) is 6.92. The smallest absolute Gasteiger partial charge is 0.373 e. The maximum Gasteiger partial charge on any atom is 1.00 e. The molecule has 20 nitrogen and oxygen atoms in total. The molecule has 0 fully saturated rings. The molecule has 0 aliphatic rings. The van der Waals surface area contributed by atoms with Crippen molar-refractivity contribution in [1.82, 2.24) is 70.8 Å². The van der Waals surface area contributed by atoms with E-state index < -0.39 is 7.15 Å². The van der Waals surface area contributed by atoms with E-state index in [4.69, 9.17) is 17.7 Å². The first-order valence-corrected chi connectivity index (χ1v) is 20.2. The number of halogens is 3. The number of amides is 2. The molecule has 2 amide bonds. The summed E-state index contributed by atoms with van der Waals surface area (Å²) in [6.07, 6.45) is 13.9. The summed E-state index contributed by atoms with van der Waals surface area (Å²) in [4.78, 5) is 44.4. The molecule has 9 rings (SSSR count).